The summed E-state index contributed by atoms with van der Waals surface area (Å²) in [6, 6.07) is -0.233. The molecule has 106 valence electrons. The lowest BCUT2D eigenvalue weighted by Crippen LogP contribution is -2.43. The Kier molecular flexibility index (Phi) is 6.60. The lowest BCUT2D eigenvalue weighted by atomic mass is 9.87. The van der Waals surface area contributed by atoms with Crippen LogP contribution in [0.4, 0.5) is 0 Å². The van der Waals surface area contributed by atoms with E-state index < -0.39 is 11.9 Å². The Morgan fingerprint density at radius 1 is 1.50 bits per heavy atom. The molecule has 0 saturated carbocycles. The highest BCUT2D eigenvalue weighted by Crippen LogP contribution is 2.20. The van der Waals surface area contributed by atoms with E-state index >= 15 is 0 Å². The summed E-state index contributed by atoms with van der Waals surface area (Å²) in [5.41, 5.74) is 2.84. The molecule has 1 fully saturated rings. The van der Waals surface area contributed by atoms with Gasteiger partial charge in [-0.2, -0.15) is 5.48 Å². The van der Waals surface area contributed by atoms with E-state index in [0.29, 0.717) is 6.61 Å². The van der Waals surface area contributed by atoms with Crippen molar-refractivity contribution in [3.05, 3.63) is 0 Å². The lowest BCUT2D eigenvalue weighted by molar-refractivity contribution is -0.207. The third kappa shape index (κ3) is 4.55. The van der Waals surface area contributed by atoms with Crippen molar-refractivity contribution in [3.8, 4) is 0 Å². The maximum atomic E-state index is 11.3. The topological polar surface area (TPSA) is 67.8 Å². The molecular weight excluding hydrogens is 234 g/mol. The Labute approximate surface area is 109 Å². The van der Waals surface area contributed by atoms with Crippen LogP contribution >= 0.6 is 0 Å². The van der Waals surface area contributed by atoms with Crippen LogP contribution in [0.5, 0.6) is 0 Å². The van der Waals surface area contributed by atoms with Crippen LogP contribution in [0.25, 0.3) is 0 Å². The number of hydrogen-bond acceptors (Lipinski definition) is 4. The Hall–Kier alpha value is -0.650. The summed E-state index contributed by atoms with van der Waals surface area (Å²) in [4.78, 5) is 16.7. The second kappa shape index (κ2) is 7.71. The average Bonchev–Trinajstić information content (AvgIpc) is 2.37. The van der Waals surface area contributed by atoms with Crippen LogP contribution < -0.4 is 5.48 Å². The molecule has 0 amide bonds. The van der Waals surface area contributed by atoms with E-state index in [1.54, 1.807) is 0 Å². The average molecular weight is 259 g/mol. The van der Waals surface area contributed by atoms with Gasteiger partial charge in [-0.05, 0) is 25.7 Å². The van der Waals surface area contributed by atoms with Gasteiger partial charge in [0.25, 0.3) is 0 Å². The van der Waals surface area contributed by atoms with Gasteiger partial charge in [0.2, 0.25) is 0 Å². The van der Waals surface area contributed by atoms with Crippen LogP contribution in [-0.4, -0.2) is 30.0 Å². The van der Waals surface area contributed by atoms with Gasteiger partial charge in [-0.1, -0.05) is 20.3 Å². The zero-order chi connectivity index (χ0) is 13.5. The quantitative estimate of drug-likeness (QED) is 0.686. The summed E-state index contributed by atoms with van der Waals surface area (Å²) in [6.45, 7) is 6.51. The summed E-state index contributed by atoms with van der Waals surface area (Å²) < 4.78 is 5.42. The minimum atomic E-state index is -0.780. The van der Waals surface area contributed by atoms with E-state index in [-0.39, 0.29) is 18.2 Å². The molecule has 0 bridgehead atoms. The van der Waals surface area contributed by atoms with E-state index in [9.17, 15) is 9.90 Å². The molecule has 2 unspecified atom stereocenters. The molecule has 2 N–H and O–H groups in total. The Balaban J connectivity index is 2.40. The molecule has 5 nitrogen and oxygen atoms in total. The monoisotopic (exact) mass is 259 g/mol. The number of aliphatic carboxylic acids is 1. The number of carboxylic acids is 1. The van der Waals surface area contributed by atoms with Gasteiger partial charge in [-0.25, -0.2) is 0 Å². The minimum absolute atomic E-state index is 0.112. The van der Waals surface area contributed by atoms with Gasteiger partial charge in [0.05, 0.1) is 5.92 Å². The van der Waals surface area contributed by atoms with Crippen LogP contribution in [0.1, 0.15) is 46.5 Å². The molecule has 1 saturated heterocycles. The first-order chi connectivity index (χ1) is 8.56. The van der Waals surface area contributed by atoms with E-state index in [1.165, 1.54) is 0 Å². The van der Waals surface area contributed by atoms with E-state index in [1.807, 2.05) is 20.8 Å². The van der Waals surface area contributed by atoms with Crippen LogP contribution in [0, 0.1) is 11.8 Å². The maximum absolute atomic E-state index is 11.3. The third-order valence-electron chi connectivity index (χ3n) is 3.60. The predicted octanol–water partition coefficient (Wildman–Crippen LogP) is 2.17. The van der Waals surface area contributed by atoms with Gasteiger partial charge in [-0.15, -0.1) is 0 Å². The zero-order valence-corrected chi connectivity index (χ0v) is 11.5. The highest BCUT2D eigenvalue weighted by molar-refractivity contribution is 5.71. The van der Waals surface area contributed by atoms with E-state index in [0.717, 1.165) is 25.7 Å². The molecule has 0 aromatic heterocycles. The molecule has 1 aliphatic heterocycles. The molecule has 5 heteroatoms. The van der Waals surface area contributed by atoms with Crippen molar-refractivity contribution >= 4 is 5.97 Å². The fourth-order valence-corrected chi connectivity index (χ4v) is 2.26. The summed E-state index contributed by atoms with van der Waals surface area (Å²) in [7, 11) is 0. The number of carbonyl (C=O) groups is 1. The van der Waals surface area contributed by atoms with E-state index in [2.05, 4.69) is 5.48 Å². The SMILES string of the molecule is CCC(C)[C@@H](C(=O)O)[C@H](C)NOC1CCCCO1. The highest BCUT2D eigenvalue weighted by atomic mass is 16.8. The Bertz CT molecular complexity index is 253. The standard InChI is InChI=1S/C13H25NO4/c1-4-9(2)12(13(15)16)10(3)14-18-11-7-5-6-8-17-11/h9-12,14H,4-8H2,1-3H3,(H,15,16)/t9?,10-,11?,12+/m0/s1. The van der Waals surface area contributed by atoms with Gasteiger partial charge in [0.15, 0.2) is 6.29 Å². The van der Waals surface area contributed by atoms with Gasteiger partial charge < -0.3 is 9.84 Å². The van der Waals surface area contributed by atoms with Crippen LogP contribution in [-0.2, 0) is 14.4 Å². The highest BCUT2D eigenvalue weighted by Gasteiger charge is 2.30. The molecule has 1 heterocycles. The van der Waals surface area contributed by atoms with Crippen molar-refractivity contribution in [2.45, 2.75) is 58.8 Å². The zero-order valence-electron chi connectivity index (χ0n) is 11.5. The predicted molar refractivity (Wildman–Crippen MR) is 67.9 cm³/mol. The second-order valence-corrected chi connectivity index (χ2v) is 5.07. The lowest BCUT2D eigenvalue weighted by Gasteiger charge is -2.29. The van der Waals surface area contributed by atoms with Gasteiger partial charge in [0.1, 0.15) is 0 Å². The molecule has 0 aromatic rings. The number of ether oxygens (including phenoxy) is 1. The summed E-state index contributed by atoms with van der Waals surface area (Å²) >= 11 is 0. The van der Waals surface area contributed by atoms with Crippen LogP contribution in [0.2, 0.25) is 0 Å². The normalized spacial score (nSPS) is 25.4. The third-order valence-corrected chi connectivity index (χ3v) is 3.60. The largest absolute Gasteiger partial charge is 0.481 e. The first-order valence-corrected chi connectivity index (χ1v) is 6.81. The summed E-state index contributed by atoms with van der Waals surface area (Å²) in [5.74, 6) is -1.11. The Morgan fingerprint density at radius 3 is 2.72 bits per heavy atom. The Morgan fingerprint density at radius 2 is 2.22 bits per heavy atom. The molecule has 1 aliphatic rings. The smallest absolute Gasteiger partial charge is 0.308 e. The van der Waals surface area contributed by atoms with E-state index in [4.69, 9.17) is 9.57 Å². The van der Waals surface area contributed by atoms with Crippen molar-refractivity contribution < 1.29 is 19.5 Å². The van der Waals surface area contributed by atoms with Crippen LogP contribution in [0.3, 0.4) is 0 Å². The van der Waals surface area contributed by atoms with Crippen LogP contribution in [0.15, 0.2) is 0 Å². The number of nitrogens with one attached hydrogen (secondary N) is 1. The molecule has 1 rings (SSSR count). The fourth-order valence-electron chi connectivity index (χ4n) is 2.26. The van der Waals surface area contributed by atoms with Crippen molar-refractivity contribution in [1.29, 1.82) is 0 Å². The van der Waals surface area contributed by atoms with Crippen molar-refractivity contribution in [3.63, 3.8) is 0 Å². The first-order valence-electron chi connectivity index (χ1n) is 6.81. The van der Waals surface area contributed by atoms with Gasteiger partial charge in [0, 0.05) is 19.1 Å². The fraction of sp³-hybridized carbons (Fsp3) is 0.923. The summed E-state index contributed by atoms with van der Waals surface area (Å²) in [6.07, 6.45) is 3.62. The van der Waals surface area contributed by atoms with Gasteiger partial charge in [-0.3, -0.25) is 9.63 Å². The summed E-state index contributed by atoms with van der Waals surface area (Å²) in [5, 5.41) is 9.26. The molecule has 0 aliphatic carbocycles. The molecule has 0 aromatic carbocycles. The maximum Gasteiger partial charge on any atom is 0.308 e. The molecular formula is C13H25NO4. The van der Waals surface area contributed by atoms with Crippen molar-refractivity contribution in [2.75, 3.05) is 6.61 Å². The van der Waals surface area contributed by atoms with Crippen molar-refractivity contribution in [1.82, 2.24) is 5.48 Å². The van der Waals surface area contributed by atoms with Gasteiger partial charge >= 0.3 is 5.97 Å². The molecule has 0 radical (unpaired) electrons. The number of carboxylic acid groups (broad SMARTS) is 1. The van der Waals surface area contributed by atoms with Crippen molar-refractivity contribution in [2.24, 2.45) is 11.8 Å². The second-order valence-electron chi connectivity index (χ2n) is 5.07. The first kappa shape index (κ1) is 15.4. The molecule has 0 spiro atoms. The minimum Gasteiger partial charge on any atom is -0.481 e. The molecule has 4 atom stereocenters. The number of rotatable bonds is 7. The molecule has 18 heavy (non-hydrogen) atoms. The number of hydroxylamine groups is 1. The number of hydrogen-bond donors (Lipinski definition) is 2.